The highest BCUT2D eigenvalue weighted by atomic mass is 35.5. The van der Waals surface area contributed by atoms with Crippen molar-refractivity contribution in [1.29, 1.82) is 0 Å². The summed E-state index contributed by atoms with van der Waals surface area (Å²) in [6.07, 6.45) is 0.213. The van der Waals surface area contributed by atoms with Crippen molar-refractivity contribution in [3.05, 3.63) is 34.4 Å². The van der Waals surface area contributed by atoms with Gasteiger partial charge < -0.3 is 0 Å². The van der Waals surface area contributed by atoms with Crippen molar-refractivity contribution < 1.29 is 13.6 Å². The van der Waals surface area contributed by atoms with Crippen LogP contribution in [-0.4, -0.2) is 5.78 Å². The lowest BCUT2D eigenvalue weighted by Gasteiger charge is -2.02. The number of hydrogen-bond acceptors (Lipinski definition) is 1. The molecule has 0 atom stereocenters. The van der Waals surface area contributed by atoms with Crippen molar-refractivity contribution in [3.8, 4) is 0 Å². The zero-order valence-corrected chi connectivity index (χ0v) is 7.66. The van der Waals surface area contributed by atoms with Gasteiger partial charge in [-0.25, -0.2) is 8.78 Å². The molecule has 1 aromatic rings. The topological polar surface area (TPSA) is 17.1 Å². The van der Waals surface area contributed by atoms with Gasteiger partial charge in [-0.1, -0.05) is 18.5 Å². The molecule has 0 fully saturated rings. The van der Waals surface area contributed by atoms with Gasteiger partial charge in [0.05, 0.1) is 5.02 Å². The molecule has 0 aliphatic heterocycles. The van der Waals surface area contributed by atoms with Gasteiger partial charge in [0.15, 0.2) is 17.4 Å². The average Bonchev–Trinajstić information content (AvgIpc) is 2.13. The first-order chi connectivity index (χ1) is 6.07. The molecule has 70 valence electrons. The van der Waals surface area contributed by atoms with Crippen LogP contribution in [0.4, 0.5) is 8.78 Å². The first-order valence-corrected chi connectivity index (χ1v) is 4.12. The summed E-state index contributed by atoms with van der Waals surface area (Å²) in [5, 5.41) is -0.438. The van der Waals surface area contributed by atoms with Gasteiger partial charge in [0.1, 0.15) is 0 Å². The van der Waals surface area contributed by atoms with E-state index in [2.05, 4.69) is 0 Å². The Morgan fingerprint density at radius 2 is 2.08 bits per heavy atom. The fourth-order valence-corrected chi connectivity index (χ4v) is 1.19. The Balaban J connectivity index is 3.26. The number of benzene rings is 1. The SMILES string of the molecule is CCC(=O)c1ccc(F)c(F)c1Cl. The van der Waals surface area contributed by atoms with E-state index in [1.165, 1.54) is 6.07 Å². The molecule has 1 rings (SSSR count). The number of carbonyl (C=O) groups is 1. The zero-order chi connectivity index (χ0) is 10.0. The summed E-state index contributed by atoms with van der Waals surface area (Å²) in [6.45, 7) is 1.62. The van der Waals surface area contributed by atoms with Gasteiger partial charge >= 0.3 is 0 Å². The van der Waals surface area contributed by atoms with Gasteiger partial charge in [-0.2, -0.15) is 0 Å². The number of halogens is 3. The van der Waals surface area contributed by atoms with Crippen molar-refractivity contribution >= 4 is 17.4 Å². The van der Waals surface area contributed by atoms with Crippen molar-refractivity contribution in [2.45, 2.75) is 13.3 Å². The van der Waals surface area contributed by atoms with E-state index >= 15 is 0 Å². The first-order valence-electron chi connectivity index (χ1n) is 3.74. The molecule has 0 heterocycles. The van der Waals surface area contributed by atoms with Crippen LogP contribution < -0.4 is 0 Å². The number of carbonyl (C=O) groups excluding carboxylic acids is 1. The van der Waals surface area contributed by atoms with Gasteiger partial charge in [-0.3, -0.25) is 4.79 Å². The smallest absolute Gasteiger partial charge is 0.178 e. The highest BCUT2D eigenvalue weighted by molar-refractivity contribution is 6.34. The van der Waals surface area contributed by atoms with Crippen molar-refractivity contribution in [1.82, 2.24) is 0 Å². The third-order valence-corrected chi connectivity index (χ3v) is 2.03. The van der Waals surface area contributed by atoms with E-state index in [9.17, 15) is 13.6 Å². The predicted octanol–water partition coefficient (Wildman–Crippen LogP) is 3.21. The molecule has 0 spiro atoms. The molecular formula is C9H7ClF2O. The number of ketones is 1. The Bertz CT molecular complexity index is 350. The lowest BCUT2D eigenvalue weighted by molar-refractivity contribution is 0.0988. The predicted molar refractivity (Wildman–Crippen MR) is 46.0 cm³/mol. The molecule has 0 radical (unpaired) electrons. The Morgan fingerprint density at radius 3 is 2.62 bits per heavy atom. The third kappa shape index (κ3) is 1.86. The molecule has 4 heteroatoms. The standard InChI is InChI=1S/C9H7ClF2O/c1-2-7(13)5-3-4-6(11)9(12)8(5)10/h3-4H,2H2,1H3. The molecule has 0 unspecified atom stereocenters. The van der Waals surface area contributed by atoms with Crippen molar-refractivity contribution in [2.75, 3.05) is 0 Å². The highest BCUT2D eigenvalue weighted by Crippen LogP contribution is 2.23. The van der Waals surface area contributed by atoms with Crippen molar-refractivity contribution in [2.24, 2.45) is 0 Å². The Morgan fingerprint density at radius 1 is 1.46 bits per heavy atom. The van der Waals surface area contributed by atoms with Crippen LogP contribution in [0.3, 0.4) is 0 Å². The molecule has 0 amide bonds. The number of Topliss-reactive ketones (excluding diaryl/α,β-unsaturated/α-hetero) is 1. The maximum atomic E-state index is 12.8. The second-order valence-electron chi connectivity index (χ2n) is 2.50. The summed E-state index contributed by atoms with van der Waals surface area (Å²) in [6, 6.07) is 2.08. The molecule has 0 saturated carbocycles. The van der Waals surface area contributed by atoms with Gasteiger partial charge in [0.25, 0.3) is 0 Å². The van der Waals surface area contributed by atoms with Crippen LogP contribution in [0, 0.1) is 11.6 Å². The van der Waals surface area contributed by atoms with Crippen LogP contribution >= 0.6 is 11.6 Å². The lowest BCUT2D eigenvalue weighted by atomic mass is 10.1. The minimum Gasteiger partial charge on any atom is -0.294 e. The maximum Gasteiger partial charge on any atom is 0.178 e. The second-order valence-corrected chi connectivity index (χ2v) is 2.88. The molecule has 1 nitrogen and oxygen atoms in total. The van der Waals surface area contributed by atoms with Crippen LogP contribution in [0.1, 0.15) is 23.7 Å². The quantitative estimate of drug-likeness (QED) is 0.534. The molecule has 0 bridgehead atoms. The summed E-state index contributed by atoms with van der Waals surface area (Å²) in [4.78, 5) is 11.1. The highest BCUT2D eigenvalue weighted by Gasteiger charge is 2.15. The molecular weight excluding hydrogens is 198 g/mol. The minimum absolute atomic E-state index is 0.0306. The van der Waals surface area contributed by atoms with E-state index < -0.39 is 16.7 Å². The summed E-state index contributed by atoms with van der Waals surface area (Å²) >= 11 is 5.44. The molecule has 0 aliphatic rings. The van der Waals surface area contributed by atoms with E-state index in [1.807, 2.05) is 0 Å². The lowest BCUT2D eigenvalue weighted by Crippen LogP contribution is -2.00. The zero-order valence-electron chi connectivity index (χ0n) is 6.90. The van der Waals surface area contributed by atoms with E-state index in [4.69, 9.17) is 11.6 Å². The largest absolute Gasteiger partial charge is 0.294 e. The summed E-state index contributed by atoms with van der Waals surface area (Å²) in [5.41, 5.74) is 0.0306. The summed E-state index contributed by atoms with van der Waals surface area (Å²) in [5.74, 6) is -2.51. The fourth-order valence-electron chi connectivity index (χ4n) is 0.932. The molecule has 13 heavy (non-hydrogen) atoms. The van der Waals surface area contributed by atoms with Crippen LogP contribution in [0.2, 0.25) is 5.02 Å². The van der Waals surface area contributed by atoms with Crippen LogP contribution in [0.5, 0.6) is 0 Å². The Labute approximate surface area is 79.3 Å². The minimum atomic E-state index is -1.17. The first kappa shape index (κ1) is 10.1. The number of hydrogen-bond donors (Lipinski definition) is 0. The van der Waals surface area contributed by atoms with E-state index in [-0.39, 0.29) is 17.8 Å². The van der Waals surface area contributed by atoms with Crippen molar-refractivity contribution in [3.63, 3.8) is 0 Å². The van der Waals surface area contributed by atoms with Crippen LogP contribution in [-0.2, 0) is 0 Å². The third-order valence-electron chi connectivity index (χ3n) is 1.66. The maximum absolute atomic E-state index is 12.8. The van der Waals surface area contributed by atoms with Crippen LogP contribution in [0.25, 0.3) is 0 Å². The van der Waals surface area contributed by atoms with E-state index in [0.717, 1.165) is 6.07 Å². The van der Waals surface area contributed by atoms with Gasteiger partial charge in [0, 0.05) is 12.0 Å². The van der Waals surface area contributed by atoms with Gasteiger partial charge in [0.2, 0.25) is 0 Å². The Kier molecular flexibility index (Phi) is 2.98. The van der Waals surface area contributed by atoms with Gasteiger partial charge in [-0.15, -0.1) is 0 Å². The van der Waals surface area contributed by atoms with Gasteiger partial charge in [-0.05, 0) is 12.1 Å². The Hall–Kier alpha value is -0.960. The van der Waals surface area contributed by atoms with Crippen LogP contribution in [0.15, 0.2) is 12.1 Å². The fraction of sp³-hybridized carbons (Fsp3) is 0.222. The molecule has 0 aromatic heterocycles. The molecule has 0 N–H and O–H groups in total. The van der Waals surface area contributed by atoms with E-state index in [1.54, 1.807) is 6.92 Å². The normalized spacial score (nSPS) is 10.2. The number of rotatable bonds is 2. The second kappa shape index (κ2) is 3.83. The molecule has 1 aromatic carbocycles. The average molecular weight is 205 g/mol. The monoisotopic (exact) mass is 204 g/mol. The molecule has 0 saturated heterocycles. The molecule has 0 aliphatic carbocycles. The summed E-state index contributed by atoms with van der Waals surface area (Å²) in [7, 11) is 0. The summed E-state index contributed by atoms with van der Waals surface area (Å²) < 4.78 is 25.4. The van der Waals surface area contributed by atoms with E-state index in [0.29, 0.717) is 0 Å².